The molecule has 1 heterocycles. The van der Waals surface area contributed by atoms with Gasteiger partial charge in [0.05, 0.1) is 13.4 Å². The van der Waals surface area contributed by atoms with Crippen molar-refractivity contribution in [1.82, 2.24) is 15.4 Å². The lowest BCUT2D eigenvalue weighted by molar-refractivity contribution is 0.224. The summed E-state index contributed by atoms with van der Waals surface area (Å²) in [6, 6.07) is 9.22. The van der Waals surface area contributed by atoms with Crippen LogP contribution in [-0.2, 0) is 15.4 Å². The highest BCUT2D eigenvalue weighted by Crippen LogP contribution is 2.40. The lowest BCUT2D eigenvalue weighted by Crippen LogP contribution is -2.50. The summed E-state index contributed by atoms with van der Waals surface area (Å²) >= 11 is 0. The molecular weight excluding hydrogens is 433 g/mol. The normalized spacial score (nSPS) is 25.5. The van der Waals surface area contributed by atoms with Crippen molar-refractivity contribution in [2.24, 2.45) is 0 Å². The summed E-state index contributed by atoms with van der Waals surface area (Å²) in [4.78, 5) is 0. The number of hydrogen-bond acceptors (Lipinski definition) is 5. The van der Waals surface area contributed by atoms with Crippen LogP contribution in [0.25, 0.3) is 0 Å². The van der Waals surface area contributed by atoms with Crippen molar-refractivity contribution >= 4 is 34.8 Å². The number of piperidine rings is 1. The van der Waals surface area contributed by atoms with E-state index in [-0.39, 0.29) is 30.2 Å². The fourth-order valence-corrected chi connectivity index (χ4v) is 4.99. The van der Waals surface area contributed by atoms with E-state index >= 15 is 0 Å². The first-order chi connectivity index (χ1) is 12.9. The number of hydrogen-bond donors (Lipinski definition) is 3. The van der Waals surface area contributed by atoms with E-state index in [9.17, 15) is 8.42 Å². The van der Waals surface area contributed by atoms with Crippen molar-refractivity contribution in [1.29, 1.82) is 0 Å². The van der Waals surface area contributed by atoms with E-state index < -0.39 is 10.0 Å². The summed E-state index contributed by atoms with van der Waals surface area (Å²) in [5, 5.41) is 7.25. The van der Waals surface area contributed by atoms with E-state index in [1.807, 2.05) is 12.1 Å². The average Bonchev–Trinajstić information content (AvgIpc) is 2.68. The van der Waals surface area contributed by atoms with E-state index in [0.717, 1.165) is 44.5 Å². The Morgan fingerprint density at radius 3 is 2.31 bits per heavy atom. The molecule has 0 radical (unpaired) electrons. The predicted molar refractivity (Wildman–Crippen MR) is 123 cm³/mol. The van der Waals surface area contributed by atoms with Crippen LogP contribution in [0.15, 0.2) is 24.3 Å². The van der Waals surface area contributed by atoms with Crippen molar-refractivity contribution in [2.45, 2.75) is 56.0 Å². The molecule has 0 amide bonds. The van der Waals surface area contributed by atoms with Gasteiger partial charge in [-0.3, -0.25) is 0 Å². The minimum absolute atomic E-state index is 0. The Hall–Kier alpha value is -0.570. The van der Waals surface area contributed by atoms with E-state index in [1.165, 1.54) is 24.7 Å². The van der Waals surface area contributed by atoms with Crippen LogP contribution in [0.5, 0.6) is 5.75 Å². The molecule has 1 aromatic carbocycles. The highest BCUT2D eigenvalue weighted by Gasteiger charge is 2.38. The van der Waals surface area contributed by atoms with Gasteiger partial charge >= 0.3 is 0 Å². The Morgan fingerprint density at radius 1 is 1.10 bits per heavy atom. The van der Waals surface area contributed by atoms with Crippen LogP contribution in [0.2, 0.25) is 0 Å². The summed E-state index contributed by atoms with van der Waals surface area (Å²) in [5.74, 6) is 0.821. The molecule has 1 aromatic rings. The van der Waals surface area contributed by atoms with Gasteiger partial charge in [-0.05, 0) is 69.3 Å². The minimum Gasteiger partial charge on any atom is -0.497 e. The molecule has 0 atom stereocenters. The summed E-state index contributed by atoms with van der Waals surface area (Å²) in [6.45, 7) is 2.63. The second kappa shape index (κ2) is 11.7. The molecule has 0 unspecified atom stereocenters. The molecule has 1 saturated heterocycles. The van der Waals surface area contributed by atoms with Gasteiger partial charge in [0.2, 0.25) is 10.0 Å². The largest absolute Gasteiger partial charge is 0.497 e. The molecule has 0 spiro atoms. The highest BCUT2D eigenvalue weighted by molar-refractivity contribution is 7.88. The van der Waals surface area contributed by atoms with E-state index in [2.05, 4.69) is 27.5 Å². The highest BCUT2D eigenvalue weighted by atomic mass is 35.5. The van der Waals surface area contributed by atoms with Crippen molar-refractivity contribution < 1.29 is 13.2 Å². The van der Waals surface area contributed by atoms with Gasteiger partial charge in [-0.25, -0.2) is 13.1 Å². The Morgan fingerprint density at radius 2 is 1.72 bits per heavy atom. The zero-order chi connectivity index (χ0) is 19.3. The van der Waals surface area contributed by atoms with E-state index in [4.69, 9.17) is 4.74 Å². The molecule has 9 heteroatoms. The summed E-state index contributed by atoms with van der Waals surface area (Å²) in [7, 11) is -1.56. The smallest absolute Gasteiger partial charge is 0.208 e. The number of halogens is 2. The Kier molecular flexibility index (Phi) is 10.7. The Bertz CT molecular complexity index is 719. The standard InChI is InChI=1S/C20H33N3O3S.2ClH/c1-26-19-5-3-4-16(14-19)20(15-22-27(2,24)25)10-6-17(7-11-20)23-18-8-12-21-13-9-18;;/h3-5,14,17-18,21-23H,6-13,15H2,1-2H3;2*1H/t17-,20-;;. The summed E-state index contributed by atoms with van der Waals surface area (Å²) < 4.78 is 31.7. The lowest BCUT2D eigenvalue weighted by Gasteiger charge is -2.42. The number of sulfonamides is 1. The third kappa shape index (κ3) is 7.56. The number of methoxy groups -OCH3 is 1. The summed E-state index contributed by atoms with van der Waals surface area (Å²) in [6.07, 6.45) is 7.66. The average molecular weight is 468 g/mol. The number of benzene rings is 1. The molecule has 2 aliphatic rings. The maximum atomic E-state index is 11.7. The Labute approximate surface area is 187 Å². The maximum absolute atomic E-state index is 11.7. The first kappa shape index (κ1) is 26.5. The van der Waals surface area contributed by atoms with Gasteiger partial charge in [-0.15, -0.1) is 24.8 Å². The van der Waals surface area contributed by atoms with Crippen molar-refractivity contribution in [3.8, 4) is 5.75 Å². The van der Waals surface area contributed by atoms with Crippen LogP contribution >= 0.6 is 24.8 Å². The van der Waals surface area contributed by atoms with Crippen LogP contribution in [0.4, 0.5) is 0 Å². The van der Waals surface area contributed by atoms with Crippen LogP contribution in [-0.4, -0.2) is 53.5 Å². The first-order valence-corrected chi connectivity index (χ1v) is 11.9. The fourth-order valence-electron chi connectivity index (χ4n) is 4.45. The molecular formula is C20H35Cl2N3O3S. The van der Waals surface area contributed by atoms with Gasteiger partial charge in [0, 0.05) is 24.0 Å². The first-order valence-electron chi connectivity index (χ1n) is 9.96. The van der Waals surface area contributed by atoms with E-state index in [0.29, 0.717) is 18.6 Å². The topological polar surface area (TPSA) is 79.5 Å². The monoisotopic (exact) mass is 467 g/mol. The lowest BCUT2D eigenvalue weighted by atomic mass is 9.68. The van der Waals surface area contributed by atoms with Crippen molar-refractivity contribution in [3.05, 3.63) is 29.8 Å². The van der Waals surface area contributed by atoms with Gasteiger partial charge < -0.3 is 15.4 Å². The fraction of sp³-hybridized carbons (Fsp3) is 0.700. The maximum Gasteiger partial charge on any atom is 0.208 e. The molecule has 0 aromatic heterocycles. The zero-order valence-electron chi connectivity index (χ0n) is 17.3. The molecule has 6 nitrogen and oxygen atoms in total. The zero-order valence-corrected chi connectivity index (χ0v) is 19.7. The van der Waals surface area contributed by atoms with Gasteiger partial charge in [0.1, 0.15) is 5.75 Å². The second-order valence-electron chi connectivity index (χ2n) is 8.07. The molecule has 29 heavy (non-hydrogen) atoms. The second-order valence-corrected chi connectivity index (χ2v) is 9.90. The third-order valence-corrected chi connectivity index (χ3v) is 6.78. The third-order valence-electron chi connectivity index (χ3n) is 6.11. The number of nitrogens with one attached hydrogen (secondary N) is 3. The van der Waals surface area contributed by atoms with Crippen LogP contribution in [0.1, 0.15) is 44.1 Å². The molecule has 1 aliphatic carbocycles. The van der Waals surface area contributed by atoms with Crippen molar-refractivity contribution in [3.63, 3.8) is 0 Å². The SMILES string of the molecule is COc1cccc([C@]2(CNS(C)(=O)=O)CC[C@@H](NC3CCNCC3)CC2)c1.Cl.Cl. The van der Waals surface area contributed by atoms with Crippen LogP contribution < -0.4 is 20.1 Å². The number of rotatable bonds is 7. The predicted octanol–water partition coefficient (Wildman–Crippen LogP) is 2.61. The summed E-state index contributed by atoms with van der Waals surface area (Å²) in [5.41, 5.74) is 0.988. The molecule has 1 aliphatic heterocycles. The quantitative estimate of drug-likeness (QED) is 0.574. The molecule has 168 valence electrons. The molecule has 0 bridgehead atoms. The van der Waals surface area contributed by atoms with E-state index in [1.54, 1.807) is 7.11 Å². The molecule has 2 fully saturated rings. The molecule has 3 N–H and O–H groups in total. The van der Waals surface area contributed by atoms with Crippen LogP contribution in [0, 0.1) is 0 Å². The number of ether oxygens (including phenoxy) is 1. The van der Waals surface area contributed by atoms with Gasteiger partial charge in [-0.2, -0.15) is 0 Å². The molecule has 3 rings (SSSR count). The van der Waals surface area contributed by atoms with Gasteiger partial charge in [0.15, 0.2) is 0 Å². The van der Waals surface area contributed by atoms with Gasteiger partial charge in [0.25, 0.3) is 0 Å². The Balaban J connectivity index is 0.00000210. The minimum atomic E-state index is -3.23. The van der Waals surface area contributed by atoms with Gasteiger partial charge in [-0.1, -0.05) is 12.1 Å². The molecule has 1 saturated carbocycles. The van der Waals surface area contributed by atoms with Crippen molar-refractivity contribution in [2.75, 3.05) is 33.0 Å². The van der Waals surface area contributed by atoms with Crippen LogP contribution in [0.3, 0.4) is 0 Å².